The second-order valence-electron chi connectivity index (χ2n) is 5.89. The third kappa shape index (κ3) is 4.04. The molecule has 0 unspecified atom stereocenters. The number of aliphatic hydroxyl groups is 1. The van der Waals surface area contributed by atoms with Gasteiger partial charge in [0.25, 0.3) is 0 Å². The maximum Gasteiger partial charge on any atom is 0.222 e. The van der Waals surface area contributed by atoms with Crippen molar-refractivity contribution >= 4 is 5.91 Å². The Morgan fingerprint density at radius 3 is 2.62 bits per heavy atom. The first kappa shape index (κ1) is 16.0. The third-order valence-electron chi connectivity index (χ3n) is 4.15. The van der Waals surface area contributed by atoms with Crippen molar-refractivity contribution < 1.29 is 19.2 Å². The van der Waals surface area contributed by atoms with E-state index in [1.807, 2.05) is 13.8 Å². The fourth-order valence-corrected chi connectivity index (χ4v) is 2.72. The number of nitrogens with zero attached hydrogens (tertiary/aromatic N) is 2. The molecule has 2 heterocycles. The number of rotatable bonds is 5. The Bertz CT molecular complexity index is 472. The summed E-state index contributed by atoms with van der Waals surface area (Å²) in [7, 11) is 1.74. The number of hydrogen-bond donors (Lipinski definition) is 1. The summed E-state index contributed by atoms with van der Waals surface area (Å²) in [6.07, 6.45) is 2.17. The molecule has 1 amide bonds. The van der Waals surface area contributed by atoms with Gasteiger partial charge in [-0.05, 0) is 20.3 Å². The Balaban J connectivity index is 1.85. The monoisotopic (exact) mass is 296 g/mol. The Hall–Kier alpha value is -1.40. The van der Waals surface area contributed by atoms with Gasteiger partial charge >= 0.3 is 0 Å². The molecule has 0 saturated carbocycles. The summed E-state index contributed by atoms with van der Waals surface area (Å²) in [4.78, 5) is 13.8. The highest BCUT2D eigenvalue weighted by molar-refractivity contribution is 5.76. The summed E-state index contributed by atoms with van der Waals surface area (Å²) >= 11 is 0. The molecule has 6 heteroatoms. The lowest BCUT2D eigenvalue weighted by atomic mass is 9.94. The molecular weight excluding hydrogens is 272 g/mol. The molecule has 0 aliphatic carbocycles. The summed E-state index contributed by atoms with van der Waals surface area (Å²) in [5, 5.41) is 14.3. The SMILES string of the molecule is Cc1noc(C)c1CCC(=O)N(C)CC1(O)CCOCC1. The van der Waals surface area contributed by atoms with Gasteiger partial charge in [0, 0.05) is 51.6 Å². The number of aromatic nitrogens is 1. The van der Waals surface area contributed by atoms with Crippen LogP contribution in [0.1, 0.15) is 36.3 Å². The van der Waals surface area contributed by atoms with Gasteiger partial charge < -0.3 is 19.3 Å². The number of ether oxygens (including phenoxy) is 1. The largest absolute Gasteiger partial charge is 0.388 e. The molecule has 1 saturated heterocycles. The van der Waals surface area contributed by atoms with E-state index >= 15 is 0 Å². The smallest absolute Gasteiger partial charge is 0.222 e. The van der Waals surface area contributed by atoms with E-state index in [0.29, 0.717) is 45.4 Å². The van der Waals surface area contributed by atoms with Gasteiger partial charge in [-0.15, -0.1) is 0 Å². The van der Waals surface area contributed by atoms with Crippen molar-refractivity contribution in [2.24, 2.45) is 0 Å². The number of carbonyl (C=O) groups excluding carboxylic acids is 1. The number of carbonyl (C=O) groups is 1. The maximum absolute atomic E-state index is 12.2. The molecule has 21 heavy (non-hydrogen) atoms. The topological polar surface area (TPSA) is 75.8 Å². The summed E-state index contributed by atoms with van der Waals surface area (Å²) in [6.45, 7) is 5.20. The molecule has 1 fully saturated rings. The highest BCUT2D eigenvalue weighted by atomic mass is 16.5. The van der Waals surface area contributed by atoms with Crippen LogP contribution >= 0.6 is 0 Å². The predicted octanol–water partition coefficient (Wildman–Crippen LogP) is 1.22. The van der Waals surface area contributed by atoms with Crippen LogP contribution in [0.3, 0.4) is 0 Å². The van der Waals surface area contributed by atoms with Gasteiger partial charge in [-0.1, -0.05) is 5.16 Å². The lowest BCUT2D eigenvalue weighted by molar-refractivity contribution is -0.136. The number of likely N-dealkylation sites (N-methyl/N-ethyl adjacent to an activating group) is 1. The first-order valence-corrected chi connectivity index (χ1v) is 7.37. The van der Waals surface area contributed by atoms with Gasteiger partial charge in [-0.2, -0.15) is 0 Å². The summed E-state index contributed by atoms with van der Waals surface area (Å²) in [5.41, 5.74) is 1.03. The van der Waals surface area contributed by atoms with Crippen LogP contribution in [-0.4, -0.2) is 53.5 Å². The van der Waals surface area contributed by atoms with Crippen LogP contribution in [0, 0.1) is 13.8 Å². The van der Waals surface area contributed by atoms with E-state index in [-0.39, 0.29) is 5.91 Å². The van der Waals surface area contributed by atoms with Gasteiger partial charge in [0.2, 0.25) is 5.91 Å². The van der Waals surface area contributed by atoms with Crippen molar-refractivity contribution in [3.05, 3.63) is 17.0 Å². The molecular formula is C15H24N2O4. The van der Waals surface area contributed by atoms with Crippen LogP contribution in [0.2, 0.25) is 0 Å². The van der Waals surface area contributed by atoms with Crippen LogP contribution in [0.25, 0.3) is 0 Å². The van der Waals surface area contributed by atoms with Crippen molar-refractivity contribution in [2.45, 2.75) is 45.1 Å². The molecule has 0 spiro atoms. The summed E-state index contributed by atoms with van der Waals surface area (Å²) in [6, 6.07) is 0. The first-order chi connectivity index (χ1) is 9.91. The second kappa shape index (κ2) is 6.58. The van der Waals surface area contributed by atoms with E-state index < -0.39 is 5.60 Å². The molecule has 1 aliphatic rings. The number of aryl methyl sites for hydroxylation is 2. The van der Waals surface area contributed by atoms with Gasteiger partial charge in [0.1, 0.15) is 5.76 Å². The fraction of sp³-hybridized carbons (Fsp3) is 0.733. The second-order valence-corrected chi connectivity index (χ2v) is 5.89. The molecule has 1 aromatic heterocycles. The van der Waals surface area contributed by atoms with E-state index in [4.69, 9.17) is 9.26 Å². The fourth-order valence-electron chi connectivity index (χ4n) is 2.72. The average Bonchev–Trinajstić information content (AvgIpc) is 2.75. The first-order valence-electron chi connectivity index (χ1n) is 7.37. The van der Waals surface area contributed by atoms with Gasteiger partial charge in [0.15, 0.2) is 0 Å². The molecule has 1 N–H and O–H groups in total. The minimum absolute atomic E-state index is 0.0231. The summed E-state index contributed by atoms with van der Waals surface area (Å²) in [5.74, 6) is 0.793. The molecule has 1 aliphatic heterocycles. The van der Waals surface area contributed by atoms with E-state index in [0.717, 1.165) is 17.0 Å². The van der Waals surface area contributed by atoms with Gasteiger partial charge in [0.05, 0.1) is 11.3 Å². The van der Waals surface area contributed by atoms with Crippen LogP contribution < -0.4 is 0 Å². The Labute approximate surface area is 125 Å². The summed E-state index contributed by atoms with van der Waals surface area (Å²) < 4.78 is 10.3. The molecule has 0 radical (unpaired) electrons. The lowest BCUT2D eigenvalue weighted by Gasteiger charge is -2.35. The standard InChI is InChI=1S/C15H24N2O4/c1-11-13(12(2)21-16-11)4-5-14(18)17(3)10-15(19)6-8-20-9-7-15/h19H,4-10H2,1-3H3. The van der Waals surface area contributed by atoms with Gasteiger partial charge in [-0.25, -0.2) is 0 Å². The van der Waals surface area contributed by atoms with Gasteiger partial charge in [-0.3, -0.25) is 4.79 Å². The van der Waals surface area contributed by atoms with Crippen LogP contribution in [-0.2, 0) is 16.0 Å². The molecule has 0 atom stereocenters. The third-order valence-corrected chi connectivity index (χ3v) is 4.15. The van der Waals surface area contributed by atoms with Crippen LogP contribution in [0.4, 0.5) is 0 Å². The average molecular weight is 296 g/mol. The van der Waals surface area contributed by atoms with Crippen molar-refractivity contribution in [1.82, 2.24) is 10.1 Å². The molecule has 0 aromatic carbocycles. The lowest BCUT2D eigenvalue weighted by Crippen LogP contribution is -2.47. The van der Waals surface area contributed by atoms with Crippen molar-refractivity contribution in [3.63, 3.8) is 0 Å². The van der Waals surface area contributed by atoms with E-state index in [1.165, 1.54) is 0 Å². The Kier molecular flexibility index (Phi) is 5.00. The van der Waals surface area contributed by atoms with E-state index in [2.05, 4.69) is 5.16 Å². The quantitative estimate of drug-likeness (QED) is 0.884. The zero-order valence-electron chi connectivity index (χ0n) is 13.0. The van der Waals surface area contributed by atoms with Crippen molar-refractivity contribution in [3.8, 4) is 0 Å². The predicted molar refractivity (Wildman–Crippen MR) is 76.9 cm³/mol. The zero-order chi connectivity index (χ0) is 15.5. The van der Waals surface area contributed by atoms with Crippen LogP contribution in [0.15, 0.2) is 4.52 Å². The van der Waals surface area contributed by atoms with Crippen LogP contribution in [0.5, 0.6) is 0 Å². The Morgan fingerprint density at radius 2 is 2.05 bits per heavy atom. The normalized spacial score (nSPS) is 17.7. The van der Waals surface area contributed by atoms with E-state index in [1.54, 1.807) is 11.9 Å². The minimum Gasteiger partial charge on any atom is -0.388 e. The van der Waals surface area contributed by atoms with E-state index in [9.17, 15) is 9.90 Å². The highest BCUT2D eigenvalue weighted by Crippen LogP contribution is 2.22. The molecule has 1 aromatic rings. The zero-order valence-corrected chi connectivity index (χ0v) is 13.0. The number of amides is 1. The molecule has 118 valence electrons. The number of hydrogen-bond acceptors (Lipinski definition) is 5. The highest BCUT2D eigenvalue weighted by Gasteiger charge is 2.32. The maximum atomic E-state index is 12.2. The molecule has 2 rings (SSSR count). The van der Waals surface area contributed by atoms with Crippen molar-refractivity contribution in [2.75, 3.05) is 26.8 Å². The van der Waals surface area contributed by atoms with Crippen molar-refractivity contribution in [1.29, 1.82) is 0 Å². The Morgan fingerprint density at radius 1 is 1.38 bits per heavy atom. The minimum atomic E-state index is -0.814. The molecule has 6 nitrogen and oxygen atoms in total. The molecule has 0 bridgehead atoms.